The van der Waals surface area contributed by atoms with Gasteiger partial charge >= 0.3 is 0 Å². The first kappa shape index (κ1) is 19.7. The molecule has 0 radical (unpaired) electrons. The molecule has 3 aliphatic rings. The van der Waals surface area contributed by atoms with E-state index in [0.717, 1.165) is 37.4 Å². The molecule has 2 aromatic carbocycles. The molecule has 5 rings (SSSR count). The van der Waals surface area contributed by atoms with Crippen LogP contribution in [0.25, 0.3) is 0 Å². The lowest BCUT2D eigenvalue weighted by Gasteiger charge is -2.38. The Morgan fingerprint density at radius 1 is 1.07 bits per heavy atom. The molecule has 0 bridgehead atoms. The van der Waals surface area contributed by atoms with Crippen LogP contribution in [0.3, 0.4) is 0 Å². The lowest BCUT2D eigenvalue weighted by Crippen LogP contribution is -2.43. The number of phenols is 1. The van der Waals surface area contributed by atoms with Gasteiger partial charge in [0.15, 0.2) is 11.5 Å². The smallest absolute Gasteiger partial charge is 0.231 e. The van der Waals surface area contributed by atoms with E-state index in [0.29, 0.717) is 24.5 Å². The van der Waals surface area contributed by atoms with Gasteiger partial charge in [0, 0.05) is 25.0 Å². The second-order valence-corrected chi connectivity index (χ2v) is 8.73. The standard InChI is InChI=1S/C24H31N3O3/c28-21-6-3-4-17(12-21)7-9-20-5-1-2-11-27(20)15-19-14-25-26-24(19)18-8-10-22-23(13-18)30-16-29-22/h3-4,6,8,10,12-13,19-20,24-26,28H,1-2,5,7,9,11,14-16H2. The number of nitrogens with zero attached hydrogens (tertiary/aromatic N) is 1. The highest BCUT2D eigenvalue weighted by Crippen LogP contribution is 2.37. The molecular weight excluding hydrogens is 378 g/mol. The minimum atomic E-state index is 0.271. The van der Waals surface area contributed by atoms with Crippen LogP contribution >= 0.6 is 0 Å². The molecule has 3 heterocycles. The molecule has 3 aliphatic heterocycles. The van der Waals surface area contributed by atoms with Crippen molar-refractivity contribution in [2.24, 2.45) is 5.92 Å². The Morgan fingerprint density at radius 2 is 2.00 bits per heavy atom. The van der Waals surface area contributed by atoms with E-state index >= 15 is 0 Å². The van der Waals surface area contributed by atoms with Crippen molar-refractivity contribution < 1.29 is 14.6 Å². The van der Waals surface area contributed by atoms with Crippen LogP contribution in [-0.4, -0.2) is 42.5 Å². The number of hydrazine groups is 1. The summed E-state index contributed by atoms with van der Waals surface area (Å²) in [5, 5.41) is 9.75. The first-order valence-corrected chi connectivity index (χ1v) is 11.2. The lowest BCUT2D eigenvalue weighted by atomic mass is 9.90. The van der Waals surface area contributed by atoms with Crippen LogP contribution in [0.15, 0.2) is 42.5 Å². The zero-order chi connectivity index (χ0) is 20.3. The number of aromatic hydroxyl groups is 1. The van der Waals surface area contributed by atoms with Gasteiger partial charge in [-0.25, -0.2) is 5.43 Å². The Hall–Kier alpha value is -2.28. The van der Waals surface area contributed by atoms with Crippen molar-refractivity contribution in [3.63, 3.8) is 0 Å². The molecule has 6 heteroatoms. The normalized spacial score (nSPS) is 26.2. The summed E-state index contributed by atoms with van der Waals surface area (Å²) in [5.74, 6) is 2.56. The van der Waals surface area contributed by atoms with E-state index in [1.54, 1.807) is 6.07 Å². The van der Waals surface area contributed by atoms with Gasteiger partial charge in [0.2, 0.25) is 6.79 Å². The molecule has 3 atom stereocenters. The van der Waals surface area contributed by atoms with Crippen LogP contribution < -0.4 is 20.3 Å². The van der Waals surface area contributed by atoms with Crippen molar-refractivity contribution in [1.82, 2.24) is 15.8 Å². The number of phenolic OH excluding ortho intramolecular Hbond substituents is 1. The first-order chi connectivity index (χ1) is 14.8. The van der Waals surface area contributed by atoms with Crippen molar-refractivity contribution in [2.45, 2.75) is 44.2 Å². The second kappa shape index (κ2) is 8.84. The number of benzene rings is 2. The Kier molecular flexibility index (Phi) is 5.79. The van der Waals surface area contributed by atoms with E-state index < -0.39 is 0 Å². The highest BCUT2D eigenvalue weighted by Gasteiger charge is 2.33. The van der Waals surface area contributed by atoms with Crippen molar-refractivity contribution in [3.8, 4) is 17.2 Å². The summed E-state index contributed by atoms with van der Waals surface area (Å²) in [5.41, 5.74) is 9.34. The summed E-state index contributed by atoms with van der Waals surface area (Å²) in [4.78, 5) is 2.70. The molecule has 0 amide bonds. The van der Waals surface area contributed by atoms with Crippen LogP contribution in [0, 0.1) is 5.92 Å². The number of hydrogen-bond donors (Lipinski definition) is 3. The Labute approximate surface area is 178 Å². The maximum atomic E-state index is 9.75. The first-order valence-electron chi connectivity index (χ1n) is 11.2. The molecule has 30 heavy (non-hydrogen) atoms. The molecule has 6 nitrogen and oxygen atoms in total. The van der Waals surface area contributed by atoms with E-state index in [1.807, 2.05) is 18.2 Å². The molecule has 2 saturated heterocycles. The van der Waals surface area contributed by atoms with Gasteiger partial charge in [-0.2, -0.15) is 0 Å². The lowest BCUT2D eigenvalue weighted by molar-refractivity contribution is 0.117. The third-order valence-corrected chi connectivity index (χ3v) is 6.74. The molecule has 3 N–H and O–H groups in total. The molecule has 2 fully saturated rings. The van der Waals surface area contributed by atoms with Gasteiger partial charge in [0.1, 0.15) is 5.75 Å². The second-order valence-electron chi connectivity index (χ2n) is 8.73. The summed E-state index contributed by atoms with van der Waals surface area (Å²) < 4.78 is 11.1. The highest BCUT2D eigenvalue weighted by atomic mass is 16.7. The van der Waals surface area contributed by atoms with Crippen molar-refractivity contribution in [3.05, 3.63) is 53.6 Å². The molecule has 0 spiro atoms. The number of aryl methyl sites for hydroxylation is 1. The number of piperidine rings is 1. The van der Waals surface area contributed by atoms with Crippen LogP contribution in [-0.2, 0) is 6.42 Å². The average Bonchev–Trinajstić information content (AvgIpc) is 3.42. The van der Waals surface area contributed by atoms with Gasteiger partial charge in [-0.05, 0) is 67.6 Å². The molecule has 2 aromatic rings. The largest absolute Gasteiger partial charge is 0.508 e. The van der Waals surface area contributed by atoms with Crippen LogP contribution in [0.4, 0.5) is 0 Å². The van der Waals surface area contributed by atoms with E-state index in [9.17, 15) is 5.11 Å². The fourth-order valence-corrected chi connectivity index (χ4v) is 5.14. The number of hydrogen-bond acceptors (Lipinski definition) is 6. The molecule has 0 saturated carbocycles. The Balaban J connectivity index is 1.24. The quantitative estimate of drug-likeness (QED) is 0.680. The number of ether oxygens (including phenoxy) is 2. The van der Waals surface area contributed by atoms with Gasteiger partial charge in [-0.15, -0.1) is 0 Å². The third-order valence-electron chi connectivity index (χ3n) is 6.74. The molecule has 3 unspecified atom stereocenters. The zero-order valence-electron chi connectivity index (χ0n) is 17.3. The fraction of sp³-hybridized carbons (Fsp3) is 0.500. The summed E-state index contributed by atoms with van der Waals surface area (Å²) in [6.45, 7) is 3.54. The SMILES string of the molecule is Oc1cccc(CCC2CCCCN2CC2CNNC2c2ccc3c(c2)OCO3)c1. The van der Waals surface area contributed by atoms with Crippen LogP contribution in [0.2, 0.25) is 0 Å². The minimum Gasteiger partial charge on any atom is -0.508 e. The Morgan fingerprint density at radius 3 is 2.93 bits per heavy atom. The minimum absolute atomic E-state index is 0.271. The van der Waals surface area contributed by atoms with E-state index in [-0.39, 0.29) is 6.04 Å². The summed E-state index contributed by atoms with van der Waals surface area (Å²) >= 11 is 0. The monoisotopic (exact) mass is 409 g/mol. The van der Waals surface area contributed by atoms with Gasteiger partial charge in [-0.3, -0.25) is 10.3 Å². The van der Waals surface area contributed by atoms with Gasteiger partial charge in [0.05, 0.1) is 6.04 Å². The number of fused-ring (bicyclic) bond motifs is 1. The van der Waals surface area contributed by atoms with Crippen LogP contribution in [0.1, 0.15) is 42.9 Å². The molecule has 160 valence electrons. The van der Waals surface area contributed by atoms with Crippen molar-refractivity contribution in [1.29, 1.82) is 0 Å². The van der Waals surface area contributed by atoms with Crippen molar-refractivity contribution >= 4 is 0 Å². The number of nitrogens with one attached hydrogen (secondary N) is 2. The molecule has 0 aromatic heterocycles. The molecule has 0 aliphatic carbocycles. The highest BCUT2D eigenvalue weighted by molar-refractivity contribution is 5.45. The van der Waals surface area contributed by atoms with Gasteiger partial charge < -0.3 is 14.6 Å². The number of rotatable bonds is 6. The zero-order valence-corrected chi connectivity index (χ0v) is 17.3. The van der Waals surface area contributed by atoms with Crippen molar-refractivity contribution in [2.75, 3.05) is 26.4 Å². The summed E-state index contributed by atoms with van der Waals surface area (Å²) in [6.07, 6.45) is 6.02. The van der Waals surface area contributed by atoms with Crippen LogP contribution in [0.5, 0.6) is 17.2 Å². The van der Waals surface area contributed by atoms with E-state index in [2.05, 4.69) is 34.0 Å². The maximum absolute atomic E-state index is 9.75. The number of likely N-dealkylation sites (tertiary alicyclic amines) is 1. The fourth-order valence-electron chi connectivity index (χ4n) is 5.14. The summed E-state index contributed by atoms with van der Waals surface area (Å²) in [7, 11) is 0. The van der Waals surface area contributed by atoms with Gasteiger partial charge in [-0.1, -0.05) is 24.6 Å². The average molecular weight is 410 g/mol. The third kappa shape index (κ3) is 4.26. The predicted octanol–water partition coefficient (Wildman–Crippen LogP) is 3.37. The predicted molar refractivity (Wildman–Crippen MR) is 116 cm³/mol. The topological polar surface area (TPSA) is 66.0 Å². The maximum Gasteiger partial charge on any atom is 0.231 e. The van der Waals surface area contributed by atoms with Gasteiger partial charge in [0.25, 0.3) is 0 Å². The molecular formula is C24H31N3O3. The Bertz CT molecular complexity index is 875. The summed E-state index contributed by atoms with van der Waals surface area (Å²) in [6, 6.07) is 14.9. The van der Waals surface area contributed by atoms with E-state index in [4.69, 9.17) is 9.47 Å². The van der Waals surface area contributed by atoms with E-state index in [1.165, 1.54) is 36.9 Å².